The zero-order valence-corrected chi connectivity index (χ0v) is 13.8. The first-order valence-corrected chi connectivity index (χ1v) is 8.12. The lowest BCUT2D eigenvalue weighted by Gasteiger charge is -2.15. The predicted octanol–water partition coefficient (Wildman–Crippen LogP) is 4.67. The van der Waals surface area contributed by atoms with Gasteiger partial charge in [-0.3, -0.25) is 9.36 Å². The van der Waals surface area contributed by atoms with E-state index < -0.39 is 0 Å². The van der Waals surface area contributed by atoms with Gasteiger partial charge in [-0.25, -0.2) is 0 Å². The summed E-state index contributed by atoms with van der Waals surface area (Å²) in [6.45, 7) is 0. The Labute approximate surface area is 145 Å². The normalized spacial score (nSPS) is 10.8. The van der Waals surface area contributed by atoms with Gasteiger partial charge < -0.3 is 4.74 Å². The topological polar surface area (TPSA) is 31.2 Å². The molecule has 0 atom stereocenters. The molecule has 0 aliphatic rings. The van der Waals surface area contributed by atoms with Crippen LogP contribution in [0.15, 0.2) is 89.7 Å². The van der Waals surface area contributed by atoms with Crippen molar-refractivity contribution < 1.29 is 4.74 Å². The van der Waals surface area contributed by atoms with E-state index in [1.54, 1.807) is 17.7 Å². The van der Waals surface area contributed by atoms with Crippen LogP contribution in [0, 0.1) is 0 Å². The zero-order valence-electron chi connectivity index (χ0n) is 13.8. The summed E-state index contributed by atoms with van der Waals surface area (Å²) in [6.07, 6.45) is 0. The average molecular weight is 327 g/mol. The van der Waals surface area contributed by atoms with Gasteiger partial charge in [0, 0.05) is 5.69 Å². The Balaban J connectivity index is 2.11. The third-order valence-corrected chi connectivity index (χ3v) is 4.31. The number of fused-ring (bicyclic) bond motifs is 1. The van der Waals surface area contributed by atoms with Crippen molar-refractivity contribution in [2.24, 2.45) is 0 Å². The Morgan fingerprint density at radius 2 is 1.48 bits per heavy atom. The molecule has 0 unspecified atom stereocenters. The first-order valence-electron chi connectivity index (χ1n) is 8.12. The number of aromatic nitrogens is 1. The Hall–Kier alpha value is -3.33. The van der Waals surface area contributed by atoms with Crippen molar-refractivity contribution in [3.8, 4) is 22.7 Å². The van der Waals surface area contributed by atoms with Crippen molar-refractivity contribution in [3.05, 3.63) is 95.3 Å². The molecule has 0 N–H and O–H groups in total. The molecule has 0 amide bonds. The number of ether oxygens (including phenoxy) is 1. The van der Waals surface area contributed by atoms with E-state index in [0.29, 0.717) is 11.1 Å². The third kappa shape index (κ3) is 2.70. The summed E-state index contributed by atoms with van der Waals surface area (Å²) in [5.74, 6) is 0.677. The summed E-state index contributed by atoms with van der Waals surface area (Å²) in [5, 5.41) is 1.54. The molecule has 1 heterocycles. The number of rotatable bonds is 3. The van der Waals surface area contributed by atoms with Crippen LogP contribution in [0.25, 0.3) is 27.7 Å². The number of benzene rings is 3. The number of pyridine rings is 1. The summed E-state index contributed by atoms with van der Waals surface area (Å²) in [7, 11) is 1.61. The van der Waals surface area contributed by atoms with Crippen LogP contribution >= 0.6 is 0 Å². The van der Waals surface area contributed by atoms with Gasteiger partial charge in [0.15, 0.2) is 0 Å². The van der Waals surface area contributed by atoms with Crippen molar-refractivity contribution in [3.63, 3.8) is 0 Å². The number of hydrogen-bond donors (Lipinski definition) is 0. The van der Waals surface area contributed by atoms with E-state index >= 15 is 0 Å². The molecule has 0 aliphatic heterocycles. The molecule has 4 aromatic rings. The maximum Gasteiger partial charge on any atom is 0.263 e. The molecule has 0 saturated heterocycles. The van der Waals surface area contributed by atoms with Crippen LogP contribution in [-0.2, 0) is 0 Å². The number of methoxy groups -OCH3 is 1. The molecule has 1 aromatic heterocycles. The molecule has 3 aromatic carbocycles. The van der Waals surface area contributed by atoms with Crippen LogP contribution in [0.5, 0.6) is 5.75 Å². The molecule has 4 rings (SSSR count). The number of hydrogen-bond acceptors (Lipinski definition) is 2. The predicted molar refractivity (Wildman–Crippen MR) is 102 cm³/mol. The van der Waals surface area contributed by atoms with E-state index in [4.69, 9.17) is 4.74 Å². The van der Waals surface area contributed by atoms with Crippen molar-refractivity contribution >= 4 is 10.8 Å². The first-order chi connectivity index (χ1) is 12.3. The smallest absolute Gasteiger partial charge is 0.263 e. The summed E-state index contributed by atoms with van der Waals surface area (Å²) in [4.78, 5) is 13.3. The highest BCUT2D eigenvalue weighted by Crippen LogP contribution is 2.26. The number of para-hydroxylation sites is 1. The van der Waals surface area contributed by atoms with Crippen LogP contribution in [0.2, 0.25) is 0 Å². The third-order valence-electron chi connectivity index (χ3n) is 4.31. The lowest BCUT2D eigenvalue weighted by Crippen LogP contribution is -2.20. The maximum absolute atomic E-state index is 13.3. The summed E-state index contributed by atoms with van der Waals surface area (Å²) < 4.78 is 7.05. The Morgan fingerprint density at radius 1 is 0.800 bits per heavy atom. The van der Waals surface area contributed by atoms with Gasteiger partial charge in [0.25, 0.3) is 5.56 Å². The fourth-order valence-electron chi connectivity index (χ4n) is 3.07. The average Bonchev–Trinajstić information content (AvgIpc) is 2.69. The van der Waals surface area contributed by atoms with Gasteiger partial charge >= 0.3 is 0 Å². The van der Waals surface area contributed by atoms with E-state index in [1.807, 2.05) is 72.8 Å². The quantitative estimate of drug-likeness (QED) is 0.548. The highest BCUT2D eigenvalue weighted by molar-refractivity contribution is 5.87. The molecular formula is C22H17NO2. The summed E-state index contributed by atoms with van der Waals surface area (Å²) in [6, 6.07) is 27.3. The Kier molecular flexibility index (Phi) is 3.82. The molecule has 0 bridgehead atoms. The van der Waals surface area contributed by atoms with Gasteiger partial charge in [0.05, 0.1) is 18.2 Å². The standard InChI is InChI=1S/C22H17NO2/c1-25-19-13-12-17-14-21(16-8-4-2-5-9-16)23(22(24)20(17)15-19)18-10-6-3-7-11-18/h2-15H,1H3. The monoisotopic (exact) mass is 327 g/mol. The molecule has 25 heavy (non-hydrogen) atoms. The summed E-state index contributed by atoms with van der Waals surface area (Å²) >= 11 is 0. The van der Waals surface area contributed by atoms with Gasteiger partial charge in [-0.15, -0.1) is 0 Å². The van der Waals surface area contributed by atoms with Crippen LogP contribution in [0.3, 0.4) is 0 Å². The molecular weight excluding hydrogens is 310 g/mol. The van der Waals surface area contributed by atoms with Crippen molar-refractivity contribution in [2.45, 2.75) is 0 Å². The van der Waals surface area contributed by atoms with Crippen LogP contribution in [-0.4, -0.2) is 11.7 Å². The molecule has 0 radical (unpaired) electrons. The van der Waals surface area contributed by atoms with Gasteiger partial charge in [-0.2, -0.15) is 0 Å². The zero-order chi connectivity index (χ0) is 17.2. The van der Waals surface area contributed by atoms with Crippen LogP contribution < -0.4 is 10.3 Å². The van der Waals surface area contributed by atoms with Crippen LogP contribution in [0.4, 0.5) is 0 Å². The SMILES string of the molecule is COc1ccc2cc(-c3ccccc3)n(-c3ccccc3)c(=O)c2c1. The van der Waals surface area contributed by atoms with Crippen molar-refractivity contribution in [1.29, 1.82) is 0 Å². The van der Waals surface area contributed by atoms with Gasteiger partial charge in [-0.1, -0.05) is 54.6 Å². The summed E-state index contributed by atoms with van der Waals surface area (Å²) in [5.41, 5.74) is 2.66. The van der Waals surface area contributed by atoms with Crippen molar-refractivity contribution in [1.82, 2.24) is 4.57 Å². The second-order valence-electron chi connectivity index (χ2n) is 5.82. The molecule has 3 nitrogen and oxygen atoms in total. The van der Waals surface area contributed by atoms with E-state index in [2.05, 4.69) is 6.07 Å². The lowest BCUT2D eigenvalue weighted by molar-refractivity contribution is 0.415. The highest BCUT2D eigenvalue weighted by Gasteiger charge is 2.13. The minimum absolute atomic E-state index is 0.0542. The minimum Gasteiger partial charge on any atom is -0.497 e. The maximum atomic E-state index is 13.3. The number of nitrogens with zero attached hydrogens (tertiary/aromatic N) is 1. The highest BCUT2D eigenvalue weighted by atomic mass is 16.5. The fourth-order valence-corrected chi connectivity index (χ4v) is 3.07. The molecule has 0 spiro atoms. The van der Waals surface area contributed by atoms with Crippen molar-refractivity contribution in [2.75, 3.05) is 7.11 Å². The van der Waals surface area contributed by atoms with Gasteiger partial charge in [0.2, 0.25) is 0 Å². The molecule has 3 heteroatoms. The molecule has 0 saturated carbocycles. The van der Waals surface area contributed by atoms with E-state index in [-0.39, 0.29) is 5.56 Å². The lowest BCUT2D eigenvalue weighted by atomic mass is 10.1. The Bertz CT molecular complexity index is 1080. The largest absolute Gasteiger partial charge is 0.497 e. The Morgan fingerprint density at radius 3 is 2.16 bits per heavy atom. The fraction of sp³-hybridized carbons (Fsp3) is 0.0455. The van der Waals surface area contributed by atoms with Crippen LogP contribution in [0.1, 0.15) is 0 Å². The second kappa shape index (κ2) is 6.29. The second-order valence-corrected chi connectivity index (χ2v) is 5.82. The van der Waals surface area contributed by atoms with E-state index in [0.717, 1.165) is 22.3 Å². The molecule has 0 fully saturated rings. The molecule has 0 aliphatic carbocycles. The first kappa shape index (κ1) is 15.2. The van der Waals surface area contributed by atoms with E-state index in [1.165, 1.54) is 0 Å². The van der Waals surface area contributed by atoms with E-state index in [9.17, 15) is 4.79 Å². The minimum atomic E-state index is -0.0542. The van der Waals surface area contributed by atoms with Gasteiger partial charge in [0.1, 0.15) is 5.75 Å². The van der Waals surface area contributed by atoms with Gasteiger partial charge in [-0.05, 0) is 41.3 Å². The molecule has 122 valence electrons.